The van der Waals surface area contributed by atoms with Gasteiger partial charge >= 0.3 is 11.7 Å². The monoisotopic (exact) mass is 364 g/mol. The molecule has 0 radical (unpaired) electrons. The molecule has 0 atom stereocenters. The van der Waals surface area contributed by atoms with Crippen molar-refractivity contribution in [3.63, 3.8) is 0 Å². The van der Waals surface area contributed by atoms with Gasteiger partial charge in [0.25, 0.3) is 5.91 Å². The summed E-state index contributed by atoms with van der Waals surface area (Å²) in [4.78, 5) is 36.8. The molecule has 2 rings (SSSR count). The summed E-state index contributed by atoms with van der Waals surface area (Å²) in [6, 6.07) is 4.20. The second-order valence-corrected chi connectivity index (χ2v) is 6.26. The number of hydrogen-bond donors (Lipinski definition) is 0. The number of nitro benzene ring substituents is 1. The number of benzene rings is 1. The van der Waals surface area contributed by atoms with E-state index in [-0.39, 0.29) is 47.9 Å². The van der Waals surface area contributed by atoms with Crippen molar-refractivity contribution in [2.45, 2.75) is 44.6 Å². The summed E-state index contributed by atoms with van der Waals surface area (Å²) >= 11 is 0. The Hall–Kier alpha value is -2.64. The molecule has 0 bridgehead atoms. The molecule has 8 heteroatoms. The Labute approximate surface area is 152 Å². The van der Waals surface area contributed by atoms with E-state index < -0.39 is 4.92 Å². The van der Waals surface area contributed by atoms with Gasteiger partial charge in [0.15, 0.2) is 5.75 Å². The third-order valence-corrected chi connectivity index (χ3v) is 4.68. The molecule has 0 unspecified atom stereocenters. The molecule has 0 aliphatic heterocycles. The molecule has 1 saturated carbocycles. The predicted molar refractivity (Wildman–Crippen MR) is 94.2 cm³/mol. The summed E-state index contributed by atoms with van der Waals surface area (Å²) in [6.45, 7) is 0.232. The van der Waals surface area contributed by atoms with Gasteiger partial charge in [-0.1, -0.05) is 19.3 Å². The number of methoxy groups -OCH3 is 2. The minimum absolute atomic E-state index is 0.0297. The van der Waals surface area contributed by atoms with E-state index in [0.717, 1.165) is 32.1 Å². The van der Waals surface area contributed by atoms with Gasteiger partial charge in [0, 0.05) is 24.2 Å². The van der Waals surface area contributed by atoms with E-state index in [1.807, 2.05) is 0 Å². The van der Waals surface area contributed by atoms with E-state index >= 15 is 0 Å². The lowest BCUT2D eigenvalue weighted by Crippen LogP contribution is -2.42. The SMILES string of the molecule is COC(=O)CCN(C(=O)c1ccc(OC)c([N+](=O)[O-])c1)C1CCCCC1. The van der Waals surface area contributed by atoms with Crippen molar-refractivity contribution in [2.75, 3.05) is 20.8 Å². The maximum absolute atomic E-state index is 13.0. The molecule has 26 heavy (non-hydrogen) atoms. The zero-order valence-electron chi connectivity index (χ0n) is 15.1. The van der Waals surface area contributed by atoms with Crippen molar-refractivity contribution in [2.24, 2.45) is 0 Å². The Balaban J connectivity index is 2.28. The van der Waals surface area contributed by atoms with Crippen LogP contribution in [0.2, 0.25) is 0 Å². The van der Waals surface area contributed by atoms with Crippen LogP contribution in [0, 0.1) is 10.1 Å². The second kappa shape index (κ2) is 9.17. The zero-order chi connectivity index (χ0) is 19.1. The number of hydrogen-bond acceptors (Lipinski definition) is 6. The molecule has 0 aromatic heterocycles. The summed E-state index contributed by atoms with van der Waals surface area (Å²) < 4.78 is 9.66. The molecule has 0 heterocycles. The van der Waals surface area contributed by atoms with Crippen molar-refractivity contribution in [1.82, 2.24) is 4.90 Å². The average Bonchev–Trinajstić information content (AvgIpc) is 2.67. The molecule has 142 valence electrons. The lowest BCUT2D eigenvalue weighted by Gasteiger charge is -2.34. The minimum atomic E-state index is -0.574. The standard InChI is InChI=1S/C18H24N2O6/c1-25-16-9-8-13(12-15(16)20(23)24)18(22)19(11-10-17(21)26-2)14-6-4-3-5-7-14/h8-9,12,14H,3-7,10-11H2,1-2H3. The first kappa shape index (κ1) is 19.7. The normalized spacial score (nSPS) is 14.5. The molecule has 1 amide bonds. The smallest absolute Gasteiger partial charge is 0.311 e. The third-order valence-electron chi connectivity index (χ3n) is 4.68. The maximum Gasteiger partial charge on any atom is 0.311 e. The molecule has 1 aliphatic rings. The molecule has 8 nitrogen and oxygen atoms in total. The van der Waals surface area contributed by atoms with Crippen molar-refractivity contribution >= 4 is 17.6 Å². The summed E-state index contributed by atoms with van der Waals surface area (Å²) in [7, 11) is 2.65. The lowest BCUT2D eigenvalue weighted by atomic mass is 9.93. The van der Waals surface area contributed by atoms with Crippen molar-refractivity contribution in [1.29, 1.82) is 0 Å². The summed E-state index contributed by atoms with van der Waals surface area (Å²) in [5.41, 5.74) is -0.0390. The quantitative estimate of drug-likeness (QED) is 0.419. The Morgan fingerprint density at radius 2 is 1.92 bits per heavy atom. The van der Waals surface area contributed by atoms with E-state index in [1.165, 1.54) is 32.4 Å². The van der Waals surface area contributed by atoms with Crippen molar-refractivity contribution in [3.8, 4) is 5.75 Å². The first-order valence-corrected chi connectivity index (χ1v) is 8.68. The molecule has 1 fully saturated rings. The fourth-order valence-corrected chi connectivity index (χ4v) is 3.29. The van der Waals surface area contributed by atoms with Gasteiger partial charge in [-0.15, -0.1) is 0 Å². The first-order valence-electron chi connectivity index (χ1n) is 8.68. The molecule has 1 aliphatic carbocycles. The lowest BCUT2D eigenvalue weighted by molar-refractivity contribution is -0.385. The van der Waals surface area contributed by atoms with Crippen LogP contribution >= 0.6 is 0 Å². The number of carbonyl (C=O) groups is 2. The molecule has 0 saturated heterocycles. The highest BCUT2D eigenvalue weighted by atomic mass is 16.6. The molecule has 0 N–H and O–H groups in total. The Morgan fingerprint density at radius 1 is 1.23 bits per heavy atom. The van der Waals surface area contributed by atoms with Crippen LogP contribution in [0.3, 0.4) is 0 Å². The zero-order valence-corrected chi connectivity index (χ0v) is 15.1. The number of carbonyl (C=O) groups excluding carboxylic acids is 2. The number of esters is 1. The van der Waals surface area contributed by atoms with Crippen LogP contribution in [0.25, 0.3) is 0 Å². The second-order valence-electron chi connectivity index (χ2n) is 6.26. The molecular weight excluding hydrogens is 340 g/mol. The van der Waals surface area contributed by atoms with Gasteiger partial charge in [-0.3, -0.25) is 19.7 Å². The van der Waals surface area contributed by atoms with Crippen LogP contribution in [0.4, 0.5) is 5.69 Å². The van der Waals surface area contributed by atoms with E-state index in [2.05, 4.69) is 4.74 Å². The number of nitro groups is 1. The average molecular weight is 364 g/mol. The van der Waals surface area contributed by atoms with Gasteiger partial charge in [-0.05, 0) is 25.0 Å². The molecule has 1 aromatic carbocycles. The van der Waals surface area contributed by atoms with Crippen molar-refractivity contribution in [3.05, 3.63) is 33.9 Å². The van der Waals surface area contributed by atoms with Crippen LogP contribution in [0.1, 0.15) is 48.9 Å². The Morgan fingerprint density at radius 3 is 2.50 bits per heavy atom. The molecular formula is C18H24N2O6. The maximum atomic E-state index is 13.0. The van der Waals surface area contributed by atoms with Crippen LogP contribution < -0.4 is 4.74 Å². The third kappa shape index (κ3) is 4.71. The topological polar surface area (TPSA) is 99.0 Å². The van der Waals surface area contributed by atoms with Gasteiger partial charge in [0.05, 0.1) is 25.6 Å². The number of ether oxygens (including phenoxy) is 2. The highest BCUT2D eigenvalue weighted by Gasteiger charge is 2.28. The van der Waals surface area contributed by atoms with E-state index in [1.54, 1.807) is 4.90 Å². The summed E-state index contributed by atoms with van der Waals surface area (Å²) in [5, 5.41) is 11.2. The van der Waals surface area contributed by atoms with Gasteiger partial charge in [0.1, 0.15) is 0 Å². The van der Waals surface area contributed by atoms with Gasteiger partial charge < -0.3 is 14.4 Å². The van der Waals surface area contributed by atoms with Crippen molar-refractivity contribution < 1.29 is 24.0 Å². The van der Waals surface area contributed by atoms with Gasteiger partial charge in [-0.25, -0.2) is 0 Å². The predicted octanol–water partition coefficient (Wildman–Crippen LogP) is 2.94. The van der Waals surface area contributed by atoms with E-state index in [0.29, 0.717) is 0 Å². The van der Waals surface area contributed by atoms with Gasteiger partial charge in [-0.2, -0.15) is 0 Å². The van der Waals surface area contributed by atoms with Crippen LogP contribution in [0.5, 0.6) is 5.75 Å². The number of rotatable bonds is 7. The van der Waals surface area contributed by atoms with Gasteiger partial charge in [0.2, 0.25) is 0 Å². The largest absolute Gasteiger partial charge is 0.490 e. The van der Waals surface area contributed by atoms with Crippen LogP contribution in [-0.2, 0) is 9.53 Å². The number of amides is 1. The highest BCUT2D eigenvalue weighted by Crippen LogP contribution is 2.30. The van der Waals surface area contributed by atoms with E-state index in [4.69, 9.17) is 4.74 Å². The minimum Gasteiger partial charge on any atom is -0.490 e. The van der Waals surface area contributed by atoms with E-state index in [9.17, 15) is 19.7 Å². The molecule has 1 aromatic rings. The van der Waals surface area contributed by atoms with Crippen LogP contribution in [-0.4, -0.2) is 48.5 Å². The fraction of sp³-hybridized carbons (Fsp3) is 0.556. The Kier molecular flexibility index (Phi) is 6.94. The van der Waals surface area contributed by atoms with Crippen LogP contribution in [0.15, 0.2) is 18.2 Å². The summed E-state index contributed by atoms with van der Waals surface area (Å²) in [6.07, 6.45) is 5.00. The first-order chi connectivity index (χ1) is 12.5. The number of nitrogens with zero attached hydrogens (tertiary/aromatic N) is 2. The molecule has 0 spiro atoms. The highest BCUT2D eigenvalue weighted by molar-refractivity contribution is 5.95. The summed E-state index contributed by atoms with van der Waals surface area (Å²) in [5.74, 6) is -0.601. The Bertz CT molecular complexity index is 670. The fourth-order valence-electron chi connectivity index (χ4n) is 3.29.